The molecule has 2 nitrogen and oxygen atoms in total. The Bertz CT molecular complexity index is 312. The van der Waals surface area contributed by atoms with Crippen LogP contribution in [0.15, 0.2) is 18.2 Å². The fourth-order valence-electron chi connectivity index (χ4n) is 1.07. The summed E-state index contributed by atoms with van der Waals surface area (Å²) in [6.45, 7) is 1.92. The standard InChI is InChI=1S/C9H9Cl2NO/c10-7-3-1-4-8(9(7)11)13-12-5-2-6-12/h1,3-4H,2,5-6H2. The molecule has 0 unspecified atom stereocenters. The summed E-state index contributed by atoms with van der Waals surface area (Å²) in [6.07, 6.45) is 1.18. The topological polar surface area (TPSA) is 12.5 Å². The Kier molecular flexibility index (Phi) is 2.63. The highest BCUT2D eigenvalue weighted by Crippen LogP contribution is 2.32. The Hall–Kier alpha value is -0.440. The van der Waals surface area contributed by atoms with Gasteiger partial charge in [-0.2, -0.15) is 0 Å². The summed E-state index contributed by atoms with van der Waals surface area (Å²) in [6, 6.07) is 5.38. The van der Waals surface area contributed by atoms with E-state index in [-0.39, 0.29) is 0 Å². The molecule has 1 saturated heterocycles. The third-order valence-electron chi connectivity index (χ3n) is 1.96. The van der Waals surface area contributed by atoms with Crippen molar-refractivity contribution in [3.63, 3.8) is 0 Å². The fourth-order valence-corrected chi connectivity index (χ4v) is 1.40. The largest absolute Gasteiger partial charge is 0.404 e. The molecule has 1 aromatic carbocycles. The summed E-state index contributed by atoms with van der Waals surface area (Å²) in [7, 11) is 0. The van der Waals surface area contributed by atoms with Crippen LogP contribution in [-0.2, 0) is 0 Å². The van der Waals surface area contributed by atoms with Crippen molar-refractivity contribution in [3.05, 3.63) is 28.2 Å². The summed E-state index contributed by atoms with van der Waals surface area (Å²) in [5.74, 6) is 0.633. The van der Waals surface area contributed by atoms with E-state index in [9.17, 15) is 0 Å². The van der Waals surface area contributed by atoms with Gasteiger partial charge in [-0.3, -0.25) is 0 Å². The Morgan fingerprint density at radius 2 is 2.00 bits per heavy atom. The Labute approximate surface area is 87.0 Å². The van der Waals surface area contributed by atoms with Gasteiger partial charge in [-0.15, -0.1) is 5.06 Å². The van der Waals surface area contributed by atoms with Gasteiger partial charge in [0.15, 0.2) is 5.75 Å². The normalized spacial score (nSPS) is 16.8. The molecule has 0 radical (unpaired) electrons. The van der Waals surface area contributed by atoms with Gasteiger partial charge in [0, 0.05) is 13.1 Å². The summed E-state index contributed by atoms with van der Waals surface area (Å²) in [4.78, 5) is 5.48. The number of nitrogens with zero attached hydrogens (tertiary/aromatic N) is 1. The average molecular weight is 218 g/mol. The van der Waals surface area contributed by atoms with Crippen molar-refractivity contribution in [2.24, 2.45) is 0 Å². The first kappa shape index (κ1) is 9.13. The van der Waals surface area contributed by atoms with Crippen LogP contribution in [0.1, 0.15) is 6.42 Å². The van der Waals surface area contributed by atoms with E-state index in [4.69, 9.17) is 28.0 Å². The van der Waals surface area contributed by atoms with Crippen LogP contribution < -0.4 is 4.84 Å². The number of hydrogen-bond acceptors (Lipinski definition) is 2. The molecule has 2 rings (SSSR count). The molecule has 0 bridgehead atoms. The first-order valence-corrected chi connectivity index (χ1v) is 4.90. The zero-order chi connectivity index (χ0) is 9.26. The molecule has 0 aliphatic carbocycles. The predicted octanol–water partition coefficient (Wildman–Crippen LogP) is 2.99. The van der Waals surface area contributed by atoms with Crippen molar-refractivity contribution in [2.75, 3.05) is 13.1 Å². The first-order valence-electron chi connectivity index (χ1n) is 4.14. The average Bonchev–Trinajstić information content (AvgIpc) is 2.04. The van der Waals surface area contributed by atoms with Gasteiger partial charge in [-0.25, -0.2) is 0 Å². The van der Waals surface area contributed by atoms with Crippen LogP contribution >= 0.6 is 23.2 Å². The van der Waals surface area contributed by atoms with Crippen LogP contribution in [0.25, 0.3) is 0 Å². The number of halogens is 2. The number of hydroxylamine groups is 2. The monoisotopic (exact) mass is 217 g/mol. The third kappa shape index (κ3) is 1.90. The lowest BCUT2D eigenvalue weighted by atomic mass is 10.3. The summed E-state index contributed by atoms with van der Waals surface area (Å²) >= 11 is 11.8. The van der Waals surface area contributed by atoms with Crippen LogP contribution in [0.5, 0.6) is 5.75 Å². The number of benzene rings is 1. The lowest BCUT2D eigenvalue weighted by Gasteiger charge is -2.30. The molecule has 70 valence electrons. The fraction of sp³-hybridized carbons (Fsp3) is 0.333. The quantitative estimate of drug-likeness (QED) is 0.756. The van der Waals surface area contributed by atoms with Crippen molar-refractivity contribution in [3.8, 4) is 5.75 Å². The zero-order valence-corrected chi connectivity index (χ0v) is 8.48. The molecule has 0 aromatic heterocycles. The van der Waals surface area contributed by atoms with Gasteiger partial charge in [0.25, 0.3) is 0 Å². The molecule has 0 atom stereocenters. The molecule has 13 heavy (non-hydrogen) atoms. The zero-order valence-electron chi connectivity index (χ0n) is 6.96. The van der Waals surface area contributed by atoms with Crippen LogP contribution in [0.3, 0.4) is 0 Å². The Morgan fingerprint density at radius 3 is 2.62 bits per heavy atom. The van der Waals surface area contributed by atoms with E-state index in [1.54, 1.807) is 6.07 Å². The van der Waals surface area contributed by atoms with Crippen LogP contribution in [0.2, 0.25) is 10.0 Å². The molecule has 0 saturated carbocycles. The highest BCUT2D eigenvalue weighted by molar-refractivity contribution is 6.42. The van der Waals surface area contributed by atoms with Gasteiger partial charge >= 0.3 is 0 Å². The smallest absolute Gasteiger partial charge is 0.167 e. The molecule has 1 aliphatic heterocycles. The summed E-state index contributed by atoms with van der Waals surface area (Å²) in [5, 5.41) is 2.87. The second-order valence-electron chi connectivity index (χ2n) is 2.93. The molecule has 1 fully saturated rings. The predicted molar refractivity (Wildman–Crippen MR) is 53.3 cm³/mol. The van der Waals surface area contributed by atoms with Gasteiger partial charge in [-0.05, 0) is 18.6 Å². The summed E-state index contributed by atoms with van der Waals surface area (Å²) in [5.41, 5.74) is 0. The molecule has 1 aliphatic rings. The third-order valence-corrected chi connectivity index (χ3v) is 2.76. The molecule has 1 aromatic rings. The maximum Gasteiger partial charge on any atom is 0.167 e. The maximum atomic E-state index is 5.93. The van der Waals surface area contributed by atoms with E-state index >= 15 is 0 Å². The molecule has 1 heterocycles. The van der Waals surface area contributed by atoms with E-state index in [1.165, 1.54) is 6.42 Å². The molecule has 0 N–H and O–H groups in total. The van der Waals surface area contributed by atoms with Crippen molar-refractivity contribution < 1.29 is 4.84 Å². The SMILES string of the molecule is Clc1cccc(ON2CCC2)c1Cl. The van der Waals surface area contributed by atoms with E-state index < -0.39 is 0 Å². The second-order valence-corrected chi connectivity index (χ2v) is 3.71. The summed E-state index contributed by atoms with van der Waals surface area (Å²) < 4.78 is 0. The minimum absolute atomic E-state index is 0.482. The van der Waals surface area contributed by atoms with Crippen molar-refractivity contribution >= 4 is 23.2 Å². The van der Waals surface area contributed by atoms with E-state index in [1.807, 2.05) is 17.2 Å². The molecule has 4 heteroatoms. The van der Waals surface area contributed by atoms with E-state index in [2.05, 4.69) is 0 Å². The molecule has 0 spiro atoms. The van der Waals surface area contributed by atoms with Gasteiger partial charge in [-0.1, -0.05) is 29.3 Å². The van der Waals surface area contributed by atoms with Gasteiger partial charge < -0.3 is 4.84 Å². The van der Waals surface area contributed by atoms with Crippen molar-refractivity contribution in [1.82, 2.24) is 5.06 Å². The van der Waals surface area contributed by atoms with E-state index in [0.29, 0.717) is 15.8 Å². The first-order chi connectivity index (χ1) is 6.27. The van der Waals surface area contributed by atoms with Gasteiger partial charge in [0.05, 0.1) is 5.02 Å². The van der Waals surface area contributed by atoms with Crippen LogP contribution in [0, 0.1) is 0 Å². The van der Waals surface area contributed by atoms with E-state index in [0.717, 1.165) is 13.1 Å². The van der Waals surface area contributed by atoms with Gasteiger partial charge in [0.2, 0.25) is 0 Å². The van der Waals surface area contributed by atoms with Crippen LogP contribution in [0.4, 0.5) is 0 Å². The Morgan fingerprint density at radius 1 is 1.23 bits per heavy atom. The highest BCUT2D eigenvalue weighted by Gasteiger charge is 2.17. The number of hydrogen-bond donors (Lipinski definition) is 0. The minimum Gasteiger partial charge on any atom is -0.404 e. The molecule has 0 amide bonds. The second kappa shape index (κ2) is 3.74. The van der Waals surface area contributed by atoms with Gasteiger partial charge in [0.1, 0.15) is 5.02 Å². The molecular weight excluding hydrogens is 209 g/mol. The van der Waals surface area contributed by atoms with Crippen LogP contribution in [-0.4, -0.2) is 18.2 Å². The Balaban J connectivity index is 2.14. The minimum atomic E-state index is 0.482. The maximum absolute atomic E-state index is 5.93. The number of rotatable bonds is 2. The lowest BCUT2D eigenvalue weighted by molar-refractivity contribution is -0.107. The van der Waals surface area contributed by atoms with Crippen molar-refractivity contribution in [2.45, 2.75) is 6.42 Å². The highest BCUT2D eigenvalue weighted by atomic mass is 35.5. The lowest BCUT2D eigenvalue weighted by Crippen LogP contribution is -2.39. The van der Waals surface area contributed by atoms with Crippen molar-refractivity contribution in [1.29, 1.82) is 0 Å². The molecular formula is C9H9Cl2NO.